The van der Waals surface area contributed by atoms with Gasteiger partial charge in [-0.25, -0.2) is 4.79 Å². The fraction of sp³-hybridized carbons (Fsp3) is 0.556. The summed E-state index contributed by atoms with van der Waals surface area (Å²) < 4.78 is 18.6. The van der Waals surface area contributed by atoms with Crippen LogP contribution in [-0.4, -0.2) is 49.8 Å². The number of aliphatic hydroxyl groups excluding tert-OH is 3. The molecule has 8 nitrogen and oxygen atoms in total. The average molecular weight is 262 g/mol. The Morgan fingerprint density at radius 1 is 1.33 bits per heavy atom. The Morgan fingerprint density at radius 2 is 2.00 bits per heavy atom. The summed E-state index contributed by atoms with van der Waals surface area (Å²) in [5, 5.41) is 28.3. The monoisotopic (exact) mass is 262 g/mol. The van der Waals surface area contributed by atoms with Crippen LogP contribution in [0.3, 0.4) is 0 Å². The number of aliphatic hydroxyl groups is 3. The van der Waals surface area contributed by atoms with E-state index in [9.17, 15) is 29.3 Å². The van der Waals surface area contributed by atoms with Gasteiger partial charge in [-0.3, -0.25) is 14.3 Å². The summed E-state index contributed by atoms with van der Waals surface area (Å²) in [6, 6.07) is 0. The van der Waals surface area contributed by atoms with Gasteiger partial charge < -0.3 is 20.1 Å². The summed E-state index contributed by atoms with van der Waals surface area (Å²) in [5.41, 5.74) is -2.18. The van der Waals surface area contributed by atoms with Crippen LogP contribution < -0.4 is 11.2 Å². The first-order valence-electron chi connectivity index (χ1n) is 5.08. The molecular formula is C9H11FN2O6. The van der Waals surface area contributed by atoms with Gasteiger partial charge in [0, 0.05) is 0 Å². The van der Waals surface area contributed by atoms with Gasteiger partial charge in [-0.2, -0.15) is 4.39 Å². The zero-order valence-corrected chi connectivity index (χ0v) is 8.99. The summed E-state index contributed by atoms with van der Waals surface area (Å²) >= 11 is 0. The van der Waals surface area contributed by atoms with Crippen LogP contribution in [0.15, 0.2) is 15.8 Å². The van der Waals surface area contributed by atoms with Crippen LogP contribution in [0.1, 0.15) is 6.23 Å². The maximum Gasteiger partial charge on any atom is 0.330 e. The van der Waals surface area contributed by atoms with E-state index < -0.39 is 41.6 Å². The van der Waals surface area contributed by atoms with Crippen LogP contribution in [-0.2, 0) is 4.74 Å². The minimum atomic E-state index is -1.63. The quantitative estimate of drug-likeness (QED) is 0.436. The van der Waals surface area contributed by atoms with Crippen LogP contribution in [0, 0.1) is 5.82 Å². The molecule has 0 bridgehead atoms. The topological polar surface area (TPSA) is 125 Å². The lowest BCUT2D eigenvalue weighted by molar-refractivity contribution is -0.212. The molecule has 1 fully saturated rings. The van der Waals surface area contributed by atoms with Crippen molar-refractivity contribution in [3.63, 3.8) is 0 Å². The van der Waals surface area contributed by atoms with Gasteiger partial charge in [0.1, 0.15) is 18.3 Å². The number of halogens is 1. The van der Waals surface area contributed by atoms with Crippen molar-refractivity contribution in [3.05, 3.63) is 32.9 Å². The third-order valence-corrected chi connectivity index (χ3v) is 2.67. The van der Waals surface area contributed by atoms with E-state index in [1.54, 1.807) is 4.98 Å². The van der Waals surface area contributed by atoms with E-state index in [0.29, 0.717) is 10.8 Å². The number of nitrogens with one attached hydrogen (secondary N) is 1. The van der Waals surface area contributed by atoms with Crippen molar-refractivity contribution in [1.82, 2.24) is 9.55 Å². The highest BCUT2D eigenvalue weighted by molar-refractivity contribution is 4.92. The average Bonchev–Trinajstić information content (AvgIpc) is 2.32. The number of ether oxygens (including phenoxy) is 1. The molecule has 0 aromatic carbocycles. The summed E-state index contributed by atoms with van der Waals surface area (Å²) in [6.45, 7) is -0.337. The van der Waals surface area contributed by atoms with Gasteiger partial charge in [0.2, 0.25) is 5.82 Å². The van der Waals surface area contributed by atoms with Crippen LogP contribution in [0.4, 0.5) is 4.39 Å². The minimum absolute atomic E-state index is 0.337. The second-order valence-corrected chi connectivity index (χ2v) is 3.92. The molecule has 9 heteroatoms. The molecule has 1 saturated heterocycles. The number of hydrogen-bond acceptors (Lipinski definition) is 6. The van der Waals surface area contributed by atoms with E-state index in [0.717, 1.165) is 0 Å². The van der Waals surface area contributed by atoms with Crippen molar-refractivity contribution in [2.45, 2.75) is 24.5 Å². The number of aromatic amines is 1. The van der Waals surface area contributed by atoms with Crippen molar-refractivity contribution in [2.24, 2.45) is 0 Å². The molecule has 0 saturated carbocycles. The molecule has 2 rings (SSSR count). The zero-order chi connectivity index (χ0) is 13.4. The molecule has 1 aromatic rings. The van der Waals surface area contributed by atoms with Crippen molar-refractivity contribution in [3.8, 4) is 0 Å². The Labute approximate surface area is 98.9 Å². The van der Waals surface area contributed by atoms with Crippen molar-refractivity contribution in [1.29, 1.82) is 0 Å². The minimum Gasteiger partial charge on any atom is -0.388 e. The molecule has 4 atom stereocenters. The summed E-state index contributed by atoms with van der Waals surface area (Å²) in [6.07, 6.45) is -5.29. The number of hydrogen-bond donors (Lipinski definition) is 4. The normalized spacial score (nSPS) is 32.4. The smallest absolute Gasteiger partial charge is 0.330 e. The van der Waals surface area contributed by atoms with E-state index in [-0.39, 0.29) is 6.61 Å². The van der Waals surface area contributed by atoms with Gasteiger partial charge in [0.25, 0.3) is 5.56 Å². The van der Waals surface area contributed by atoms with E-state index in [4.69, 9.17) is 4.74 Å². The largest absolute Gasteiger partial charge is 0.388 e. The van der Waals surface area contributed by atoms with E-state index in [1.165, 1.54) is 0 Å². The number of nitrogens with zero attached hydrogens (tertiary/aromatic N) is 1. The predicted molar refractivity (Wildman–Crippen MR) is 54.3 cm³/mol. The molecule has 0 unspecified atom stereocenters. The second kappa shape index (κ2) is 4.61. The summed E-state index contributed by atoms with van der Waals surface area (Å²) in [5.74, 6) is -1.23. The molecule has 1 aromatic heterocycles. The van der Waals surface area contributed by atoms with Crippen LogP contribution in [0.5, 0.6) is 0 Å². The first kappa shape index (κ1) is 12.9. The third-order valence-electron chi connectivity index (χ3n) is 2.67. The van der Waals surface area contributed by atoms with Crippen molar-refractivity contribution < 1.29 is 24.4 Å². The van der Waals surface area contributed by atoms with Gasteiger partial charge in [0.05, 0.1) is 12.8 Å². The second-order valence-electron chi connectivity index (χ2n) is 3.92. The van der Waals surface area contributed by atoms with Gasteiger partial charge in [-0.1, -0.05) is 0 Å². The van der Waals surface area contributed by atoms with Crippen molar-refractivity contribution in [2.75, 3.05) is 6.61 Å². The Balaban J connectivity index is 2.41. The molecule has 0 radical (unpaired) electrons. The fourth-order valence-electron chi connectivity index (χ4n) is 1.69. The van der Waals surface area contributed by atoms with E-state index >= 15 is 0 Å². The number of aromatic nitrogens is 2. The lowest BCUT2D eigenvalue weighted by Gasteiger charge is -2.35. The first-order chi connectivity index (χ1) is 8.41. The zero-order valence-electron chi connectivity index (χ0n) is 8.99. The fourth-order valence-corrected chi connectivity index (χ4v) is 1.69. The molecule has 0 aliphatic carbocycles. The molecule has 2 heterocycles. The Bertz CT molecular complexity index is 555. The van der Waals surface area contributed by atoms with Gasteiger partial charge in [0.15, 0.2) is 6.23 Å². The Hall–Kier alpha value is -1.55. The predicted octanol–water partition coefficient (Wildman–Crippen LogP) is -2.71. The van der Waals surface area contributed by atoms with Crippen LogP contribution >= 0.6 is 0 Å². The SMILES string of the molecule is O=c1[nH]c(=O)n([C@H]2OC[C@@H](O)[C@@H](O)[C@H]2O)cc1F. The molecule has 1 aliphatic heterocycles. The van der Waals surface area contributed by atoms with Crippen LogP contribution in [0.2, 0.25) is 0 Å². The first-order valence-corrected chi connectivity index (χ1v) is 5.08. The molecule has 100 valence electrons. The molecule has 18 heavy (non-hydrogen) atoms. The molecule has 0 spiro atoms. The highest BCUT2D eigenvalue weighted by atomic mass is 19.1. The van der Waals surface area contributed by atoms with Gasteiger partial charge in [-0.05, 0) is 0 Å². The van der Waals surface area contributed by atoms with Crippen LogP contribution in [0.25, 0.3) is 0 Å². The maximum absolute atomic E-state index is 13.1. The molecule has 1 aliphatic rings. The lowest BCUT2D eigenvalue weighted by atomic mass is 10.0. The Morgan fingerprint density at radius 3 is 2.67 bits per heavy atom. The van der Waals surface area contributed by atoms with Gasteiger partial charge in [-0.15, -0.1) is 0 Å². The molecule has 0 amide bonds. The molecule has 4 N–H and O–H groups in total. The summed E-state index contributed by atoms with van der Waals surface area (Å²) in [7, 11) is 0. The molecular weight excluding hydrogens is 251 g/mol. The van der Waals surface area contributed by atoms with Crippen molar-refractivity contribution >= 4 is 0 Å². The highest BCUT2D eigenvalue weighted by Crippen LogP contribution is 2.22. The Kier molecular flexibility index (Phi) is 3.30. The number of H-pyrrole nitrogens is 1. The van der Waals surface area contributed by atoms with E-state index in [1.807, 2.05) is 0 Å². The van der Waals surface area contributed by atoms with E-state index in [2.05, 4.69) is 0 Å². The standard InChI is InChI=1S/C9H11FN2O6/c10-3-1-12(9(17)11-7(3)16)8-6(15)5(14)4(13)2-18-8/h1,4-6,8,13-15H,2H2,(H,11,16,17)/t4-,5-,6-,8+/m1/s1. The third kappa shape index (κ3) is 2.08. The number of rotatable bonds is 1. The summed E-state index contributed by atoms with van der Waals surface area (Å²) in [4.78, 5) is 24.0. The lowest BCUT2D eigenvalue weighted by Crippen LogP contribution is -2.53. The highest BCUT2D eigenvalue weighted by Gasteiger charge is 2.39. The van der Waals surface area contributed by atoms with Gasteiger partial charge >= 0.3 is 5.69 Å². The maximum atomic E-state index is 13.1.